The molecule has 16 nitrogen and oxygen atoms in total. The minimum atomic E-state index is -2.01. The number of nitrogens with one attached hydrogen (secondary N) is 2. The van der Waals surface area contributed by atoms with E-state index in [1.54, 1.807) is 58.8 Å². The van der Waals surface area contributed by atoms with Gasteiger partial charge in [0, 0.05) is 89.0 Å². The molecule has 16 heteroatoms. The summed E-state index contributed by atoms with van der Waals surface area (Å²) in [4.78, 5) is 72.4. The molecule has 1 amide bonds. The molecule has 5 aliphatic rings. The highest BCUT2D eigenvalue weighted by Crippen LogP contribution is 2.48. The first-order chi connectivity index (χ1) is 28.3. The number of nitrogens with zero attached hydrogens (tertiary/aromatic N) is 3. The molecule has 4 N–H and O–H groups in total. The Morgan fingerprint density at radius 1 is 0.967 bits per heavy atom. The zero-order chi connectivity index (χ0) is 44.4. The standard InChI is InChI=1S/C44H59N5O11/c1-22-13-12-14-23(2)43(56)47-35-29(21-46-49-18-16-48(10)17-19-49)38(53)31-32(39(35)54)34(45-9)25(4)41-33(31)42(55)44(8,60-41)58-20-15-30(57-11)24(3)40(59-28(7)50)27(6)37(52)26(5)36(22)51/h12-15,20-22,24,26-27,30,36-37,40,45,51-52H,16-19H2,1-11H3,(H,47,56)/b13-12+,20-15+,23-14-,46-21+/t22-,24+,26+,27+,30-,36-,37+,40+,44-/m0/s1. The number of ether oxygens (including phenoxy) is 4. The fourth-order valence-electron chi connectivity index (χ4n) is 8.22. The molecule has 6 rings (SSSR count). The van der Waals surface area contributed by atoms with Crippen molar-refractivity contribution in [3.63, 3.8) is 0 Å². The van der Waals surface area contributed by atoms with E-state index in [-0.39, 0.29) is 45.0 Å². The number of carbonyl (C=O) groups is 5. The maximum atomic E-state index is 14.8. The summed E-state index contributed by atoms with van der Waals surface area (Å²) in [7, 11) is 5.00. The second-order valence-corrected chi connectivity index (χ2v) is 16.4. The Kier molecular flexibility index (Phi) is 14.3. The van der Waals surface area contributed by atoms with E-state index in [1.165, 1.54) is 52.5 Å². The molecule has 0 saturated carbocycles. The van der Waals surface area contributed by atoms with Crippen molar-refractivity contribution in [2.24, 2.45) is 28.8 Å². The number of anilines is 1. The molecule has 0 aromatic heterocycles. The van der Waals surface area contributed by atoms with E-state index in [0.717, 1.165) is 13.1 Å². The molecule has 1 aromatic carbocycles. The lowest BCUT2D eigenvalue weighted by Crippen LogP contribution is -2.46. The number of aliphatic hydroxyl groups is 2. The number of allylic oxidation sites excluding steroid dienone is 4. The third-order valence-corrected chi connectivity index (χ3v) is 12.1. The number of piperazine rings is 1. The summed E-state index contributed by atoms with van der Waals surface area (Å²) in [5.74, 6) is -7.85. The van der Waals surface area contributed by atoms with Crippen LogP contribution in [0.15, 0.2) is 52.5 Å². The van der Waals surface area contributed by atoms with E-state index >= 15 is 0 Å². The first-order valence-corrected chi connectivity index (χ1v) is 20.3. The van der Waals surface area contributed by atoms with Gasteiger partial charge in [0.2, 0.25) is 5.78 Å². The lowest BCUT2D eigenvalue weighted by atomic mass is 9.78. The monoisotopic (exact) mass is 833 g/mol. The topological polar surface area (TPSA) is 206 Å². The van der Waals surface area contributed by atoms with Crippen molar-refractivity contribution in [1.82, 2.24) is 15.2 Å². The minimum Gasteiger partial charge on any atom is -0.462 e. The number of fused-ring (bicyclic) bond motifs is 14. The van der Waals surface area contributed by atoms with Gasteiger partial charge in [0.15, 0.2) is 5.78 Å². The van der Waals surface area contributed by atoms with E-state index in [0.29, 0.717) is 18.7 Å². The van der Waals surface area contributed by atoms with Crippen LogP contribution in [0.4, 0.5) is 5.69 Å². The molecule has 5 bridgehead atoms. The fourth-order valence-corrected chi connectivity index (χ4v) is 8.22. The SMILES string of the molecule is CNc1c(C)c2c3c4c1C(=O)C(=C(/C=N/N1CCN(C)CC1)C4=O)NC(=O)/C(C)=C\C=C\[C@H](C)[C@H](O)[C@@H](C)[C@@H](O)[C@@H](C)[C@H](OC(C)=O)[C@H](C)[C@@H](OC)/C=C/O[C@@](C)(O2)C3=O. The van der Waals surface area contributed by atoms with Crippen LogP contribution in [0.3, 0.4) is 0 Å². The summed E-state index contributed by atoms with van der Waals surface area (Å²) in [5, 5.41) is 34.9. The Morgan fingerprint density at radius 3 is 2.25 bits per heavy atom. The largest absolute Gasteiger partial charge is 0.462 e. The Morgan fingerprint density at radius 2 is 1.63 bits per heavy atom. The molecule has 1 aliphatic carbocycles. The van der Waals surface area contributed by atoms with E-state index < -0.39 is 83.1 Å². The highest BCUT2D eigenvalue weighted by molar-refractivity contribution is 6.38. The van der Waals surface area contributed by atoms with Crippen molar-refractivity contribution in [1.29, 1.82) is 0 Å². The molecule has 0 radical (unpaired) electrons. The van der Waals surface area contributed by atoms with Gasteiger partial charge in [-0.25, -0.2) is 0 Å². The molecule has 1 fully saturated rings. The Bertz CT molecular complexity index is 2050. The fraction of sp³-hybridized carbons (Fsp3) is 0.545. The van der Waals surface area contributed by atoms with Gasteiger partial charge in [-0.15, -0.1) is 0 Å². The van der Waals surface area contributed by atoms with Crippen LogP contribution in [0.1, 0.15) is 85.1 Å². The summed E-state index contributed by atoms with van der Waals surface area (Å²) in [6.45, 7) is 15.3. The van der Waals surface area contributed by atoms with E-state index in [4.69, 9.17) is 18.9 Å². The predicted molar refractivity (Wildman–Crippen MR) is 224 cm³/mol. The molecule has 1 aromatic rings. The van der Waals surface area contributed by atoms with Gasteiger partial charge in [-0.05, 0) is 27.0 Å². The van der Waals surface area contributed by atoms with Crippen molar-refractivity contribution in [2.45, 2.75) is 85.6 Å². The number of ketones is 3. The van der Waals surface area contributed by atoms with Crippen molar-refractivity contribution >= 4 is 41.1 Å². The van der Waals surface area contributed by atoms with E-state index in [2.05, 4.69) is 20.6 Å². The van der Waals surface area contributed by atoms with Crippen LogP contribution in [0.2, 0.25) is 0 Å². The van der Waals surface area contributed by atoms with Crippen LogP contribution >= 0.6 is 0 Å². The van der Waals surface area contributed by atoms with Gasteiger partial charge in [-0.1, -0.05) is 45.9 Å². The molecule has 4 heterocycles. The van der Waals surface area contributed by atoms with Gasteiger partial charge in [0.25, 0.3) is 11.7 Å². The molecule has 326 valence electrons. The van der Waals surface area contributed by atoms with Crippen LogP contribution in [0.5, 0.6) is 5.75 Å². The van der Waals surface area contributed by atoms with Crippen LogP contribution in [0.25, 0.3) is 0 Å². The minimum absolute atomic E-state index is 0.0407. The summed E-state index contributed by atoms with van der Waals surface area (Å²) >= 11 is 0. The first kappa shape index (κ1) is 45.9. The van der Waals surface area contributed by atoms with Gasteiger partial charge in [-0.3, -0.25) is 29.0 Å². The number of hydrazone groups is 1. The maximum absolute atomic E-state index is 14.8. The lowest BCUT2D eigenvalue weighted by molar-refractivity contribution is -0.160. The van der Waals surface area contributed by atoms with Gasteiger partial charge < -0.3 is 44.7 Å². The molecule has 0 unspecified atom stereocenters. The number of benzene rings is 1. The molecular weight excluding hydrogens is 775 g/mol. The number of Topliss-reactive ketones (excluding diaryl/α,β-unsaturated/α-hetero) is 3. The predicted octanol–water partition coefficient (Wildman–Crippen LogP) is 3.57. The summed E-state index contributed by atoms with van der Waals surface area (Å²) in [5.41, 5.74) is -0.250. The smallest absolute Gasteiger partial charge is 0.312 e. The second kappa shape index (κ2) is 18.6. The summed E-state index contributed by atoms with van der Waals surface area (Å²) < 4.78 is 23.8. The van der Waals surface area contributed by atoms with Crippen LogP contribution in [-0.4, -0.2) is 133 Å². The maximum Gasteiger partial charge on any atom is 0.312 e. The third kappa shape index (κ3) is 8.97. The number of rotatable bonds is 5. The Hall–Kier alpha value is -5.16. The summed E-state index contributed by atoms with van der Waals surface area (Å²) in [6, 6.07) is 0. The average molecular weight is 834 g/mol. The van der Waals surface area contributed by atoms with Crippen molar-refractivity contribution < 1.29 is 53.1 Å². The first-order valence-electron chi connectivity index (χ1n) is 20.3. The number of esters is 1. The summed E-state index contributed by atoms with van der Waals surface area (Å²) in [6.07, 6.45) is 4.92. The Balaban J connectivity index is 1.68. The van der Waals surface area contributed by atoms with Gasteiger partial charge in [-0.2, -0.15) is 5.10 Å². The number of methoxy groups -OCH3 is 1. The zero-order valence-electron chi connectivity index (χ0n) is 36.3. The van der Waals surface area contributed by atoms with E-state index in [1.807, 2.05) is 7.05 Å². The lowest BCUT2D eigenvalue weighted by Gasteiger charge is -2.38. The zero-order valence-corrected chi connectivity index (χ0v) is 36.3. The van der Waals surface area contributed by atoms with E-state index in [9.17, 15) is 34.2 Å². The van der Waals surface area contributed by atoms with Crippen LogP contribution in [0, 0.1) is 30.6 Å². The molecule has 0 spiro atoms. The van der Waals surface area contributed by atoms with Crippen molar-refractivity contribution in [3.8, 4) is 5.75 Å². The molecule has 9 atom stereocenters. The van der Waals surface area contributed by atoms with Gasteiger partial charge >= 0.3 is 11.8 Å². The normalized spacial score (nSPS) is 32.9. The number of hydrogen-bond donors (Lipinski definition) is 4. The van der Waals surface area contributed by atoms with Gasteiger partial charge in [0.05, 0.1) is 58.7 Å². The molecule has 1 saturated heterocycles. The van der Waals surface area contributed by atoms with Gasteiger partial charge in [0.1, 0.15) is 17.6 Å². The van der Waals surface area contributed by atoms with Crippen molar-refractivity contribution in [2.75, 3.05) is 52.7 Å². The quantitative estimate of drug-likeness (QED) is 0.248. The number of amides is 1. The average Bonchev–Trinajstić information content (AvgIpc) is 3.48. The number of likely N-dealkylation sites (N-methyl/N-ethyl adjacent to an activating group) is 1. The van der Waals surface area contributed by atoms with Crippen LogP contribution in [-0.2, 0) is 23.8 Å². The van der Waals surface area contributed by atoms with Crippen LogP contribution < -0.4 is 15.4 Å². The molecular formula is C44H59N5O11. The number of carbonyl (C=O) groups excluding carboxylic acids is 5. The number of hydrogen-bond acceptors (Lipinski definition) is 15. The third-order valence-electron chi connectivity index (χ3n) is 12.1. The Labute approximate surface area is 351 Å². The molecule has 4 aliphatic heterocycles. The highest BCUT2D eigenvalue weighted by atomic mass is 16.7. The highest BCUT2D eigenvalue weighted by Gasteiger charge is 2.52. The van der Waals surface area contributed by atoms with Crippen molar-refractivity contribution in [3.05, 3.63) is 69.7 Å². The number of aliphatic hydroxyl groups excluding tert-OH is 2. The second-order valence-electron chi connectivity index (χ2n) is 16.4. The molecule has 60 heavy (non-hydrogen) atoms.